The van der Waals surface area contributed by atoms with E-state index in [9.17, 15) is 4.79 Å². The van der Waals surface area contributed by atoms with Crippen LogP contribution in [0.2, 0.25) is 0 Å². The normalized spacial score (nSPS) is 9.00. The van der Waals surface area contributed by atoms with Crippen LogP contribution in [0, 0.1) is 11.8 Å². The second kappa shape index (κ2) is 5.90. The molecule has 1 rings (SSSR count). The van der Waals surface area contributed by atoms with Gasteiger partial charge in [-0.3, -0.25) is 4.79 Å². The number of halogens is 1. The van der Waals surface area contributed by atoms with Gasteiger partial charge in [-0.05, 0) is 24.3 Å². The molecule has 0 radical (unpaired) electrons. The molecule has 0 bridgehead atoms. The van der Waals surface area contributed by atoms with E-state index >= 15 is 0 Å². The molecule has 0 aliphatic rings. The summed E-state index contributed by atoms with van der Waals surface area (Å²) in [5.41, 5.74) is 0.970. The summed E-state index contributed by atoms with van der Waals surface area (Å²) < 4.78 is 1.04. The summed E-state index contributed by atoms with van der Waals surface area (Å²) in [6.07, 6.45) is 0. The van der Waals surface area contributed by atoms with E-state index in [1.54, 1.807) is 6.92 Å². The van der Waals surface area contributed by atoms with E-state index in [1.165, 1.54) is 11.8 Å². The number of hydrogen-bond acceptors (Lipinski definition) is 2. The zero-order valence-corrected chi connectivity index (χ0v) is 10.1. The number of carbonyl (C=O) groups excluding carboxylic acids is 1. The highest BCUT2D eigenvalue weighted by Crippen LogP contribution is 2.09. The summed E-state index contributed by atoms with van der Waals surface area (Å²) >= 11 is 4.58. The maximum absolute atomic E-state index is 10.6. The fourth-order valence-corrected chi connectivity index (χ4v) is 1.42. The van der Waals surface area contributed by atoms with Crippen molar-refractivity contribution in [3.05, 3.63) is 34.3 Å². The molecule has 0 N–H and O–H groups in total. The van der Waals surface area contributed by atoms with Gasteiger partial charge in [-0.25, -0.2) is 0 Å². The van der Waals surface area contributed by atoms with Gasteiger partial charge in [0.2, 0.25) is 0 Å². The quantitative estimate of drug-likeness (QED) is 0.729. The van der Waals surface area contributed by atoms with E-state index in [1.807, 2.05) is 24.3 Å². The van der Waals surface area contributed by atoms with Gasteiger partial charge in [-0.1, -0.05) is 39.5 Å². The maximum Gasteiger partial charge on any atom is 0.186 e. The van der Waals surface area contributed by atoms with E-state index in [0.717, 1.165) is 10.0 Å². The third-order valence-electron chi connectivity index (χ3n) is 1.42. The van der Waals surface area contributed by atoms with Crippen molar-refractivity contribution in [3.8, 4) is 11.8 Å². The van der Waals surface area contributed by atoms with Crippen LogP contribution in [0.3, 0.4) is 0 Å². The zero-order valence-electron chi connectivity index (χ0n) is 7.71. The Kier molecular flexibility index (Phi) is 4.78. The minimum Gasteiger partial charge on any atom is -0.288 e. The molecule has 0 saturated carbocycles. The number of benzene rings is 1. The lowest BCUT2D eigenvalue weighted by atomic mass is 10.2. The van der Waals surface area contributed by atoms with Gasteiger partial charge in [0.1, 0.15) is 0 Å². The maximum atomic E-state index is 10.6. The van der Waals surface area contributed by atoms with E-state index in [4.69, 9.17) is 0 Å². The molecule has 0 aliphatic carbocycles. The van der Waals surface area contributed by atoms with Crippen LogP contribution in [0.4, 0.5) is 0 Å². The fourth-order valence-electron chi connectivity index (χ4n) is 0.809. The first-order chi connectivity index (χ1) is 6.68. The molecule has 0 aromatic heterocycles. The van der Waals surface area contributed by atoms with Crippen molar-refractivity contribution in [2.24, 2.45) is 0 Å². The molecule has 0 saturated heterocycles. The molecule has 0 spiro atoms. The Morgan fingerprint density at radius 1 is 1.43 bits per heavy atom. The molecule has 0 fully saturated rings. The molecule has 1 aromatic rings. The first-order valence-corrected chi connectivity index (χ1v) is 5.84. The molecule has 1 aromatic carbocycles. The molecule has 0 heterocycles. The molecule has 1 nitrogen and oxygen atoms in total. The van der Waals surface area contributed by atoms with E-state index < -0.39 is 0 Å². The lowest BCUT2D eigenvalue weighted by Crippen LogP contribution is -1.82. The zero-order chi connectivity index (χ0) is 10.4. The number of carbonyl (C=O) groups is 1. The molecule has 72 valence electrons. The Balaban J connectivity index is 2.51. The molecular formula is C11H9BrOS. The average molecular weight is 269 g/mol. The van der Waals surface area contributed by atoms with Crippen molar-refractivity contribution in [3.63, 3.8) is 0 Å². The van der Waals surface area contributed by atoms with E-state index in [-0.39, 0.29) is 5.12 Å². The predicted octanol–water partition coefficient (Wildman–Crippen LogP) is 3.08. The first kappa shape index (κ1) is 11.4. The predicted molar refractivity (Wildman–Crippen MR) is 64.2 cm³/mol. The minimum absolute atomic E-state index is 0.107. The summed E-state index contributed by atoms with van der Waals surface area (Å²) in [5.74, 6) is 6.47. The summed E-state index contributed by atoms with van der Waals surface area (Å²) in [6.45, 7) is 1.55. The molecule has 0 aliphatic heterocycles. The van der Waals surface area contributed by atoms with Crippen LogP contribution in [-0.4, -0.2) is 10.9 Å². The second-order valence-electron chi connectivity index (χ2n) is 2.59. The van der Waals surface area contributed by atoms with Gasteiger partial charge in [0.25, 0.3) is 0 Å². The monoisotopic (exact) mass is 268 g/mol. The highest BCUT2D eigenvalue weighted by Gasteiger charge is 1.89. The largest absolute Gasteiger partial charge is 0.288 e. The van der Waals surface area contributed by atoms with Crippen LogP contribution in [0.1, 0.15) is 12.5 Å². The van der Waals surface area contributed by atoms with Crippen molar-refractivity contribution < 1.29 is 4.79 Å². The van der Waals surface area contributed by atoms with Gasteiger partial charge in [0.15, 0.2) is 5.12 Å². The molecule has 14 heavy (non-hydrogen) atoms. The Bertz CT molecular complexity index is 373. The SMILES string of the molecule is CC(=O)SCC#Cc1ccc(Br)cc1. The Labute approximate surface area is 96.4 Å². The Morgan fingerprint density at radius 3 is 2.64 bits per heavy atom. The first-order valence-electron chi connectivity index (χ1n) is 4.06. The van der Waals surface area contributed by atoms with Crippen LogP contribution >= 0.6 is 27.7 Å². The van der Waals surface area contributed by atoms with Crippen LogP contribution < -0.4 is 0 Å². The van der Waals surface area contributed by atoms with Crippen LogP contribution in [0.15, 0.2) is 28.7 Å². The standard InChI is InChI=1S/C11H9BrOS/c1-9(13)14-8-2-3-10-4-6-11(12)7-5-10/h4-7H,8H2,1H3. The summed E-state index contributed by atoms with van der Waals surface area (Å²) in [4.78, 5) is 10.6. The number of rotatable bonds is 1. The molecule has 0 amide bonds. The van der Waals surface area contributed by atoms with Crippen LogP contribution in [0.25, 0.3) is 0 Å². The van der Waals surface area contributed by atoms with E-state index in [2.05, 4.69) is 27.8 Å². The summed E-state index contributed by atoms with van der Waals surface area (Å²) in [6, 6.07) is 7.77. The number of thioether (sulfide) groups is 1. The second-order valence-corrected chi connectivity index (χ2v) is 4.66. The fraction of sp³-hybridized carbons (Fsp3) is 0.182. The topological polar surface area (TPSA) is 17.1 Å². The lowest BCUT2D eigenvalue weighted by molar-refractivity contribution is -0.109. The minimum atomic E-state index is 0.107. The number of hydrogen-bond donors (Lipinski definition) is 0. The summed E-state index contributed by atoms with van der Waals surface area (Å²) in [5, 5.41) is 0.107. The van der Waals surface area contributed by atoms with Crippen molar-refractivity contribution in [2.75, 3.05) is 5.75 Å². The Hall–Kier alpha value is -0.720. The average Bonchev–Trinajstić information content (AvgIpc) is 2.15. The molecule has 0 unspecified atom stereocenters. The Morgan fingerprint density at radius 2 is 2.07 bits per heavy atom. The van der Waals surface area contributed by atoms with Gasteiger partial charge in [-0.2, -0.15) is 0 Å². The third-order valence-corrected chi connectivity index (χ3v) is 2.65. The van der Waals surface area contributed by atoms with Gasteiger partial charge < -0.3 is 0 Å². The van der Waals surface area contributed by atoms with Crippen molar-refractivity contribution in [1.82, 2.24) is 0 Å². The van der Waals surface area contributed by atoms with Gasteiger partial charge in [-0.15, -0.1) is 0 Å². The summed E-state index contributed by atoms with van der Waals surface area (Å²) in [7, 11) is 0. The van der Waals surface area contributed by atoms with Crippen molar-refractivity contribution in [2.45, 2.75) is 6.92 Å². The van der Waals surface area contributed by atoms with Gasteiger partial charge in [0, 0.05) is 17.0 Å². The van der Waals surface area contributed by atoms with Crippen LogP contribution in [0.5, 0.6) is 0 Å². The molecule has 0 atom stereocenters. The smallest absolute Gasteiger partial charge is 0.186 e. The van der Waals surface area contributed by atoms with Crippen LogP contribution in [-0.2, 0) is 4.79 Å². The van der Waals surface area contributed by atoms with Crippen molar-refractivity contribution >= 4 is 32.8 Å². The molecular weight excluding hydrogens is 260 g/mol. The highest BCUT2D eigenvalue weighted by atomic mass is 79.9. The lowest BCUT2D eigenvalue weighted by Gasteiger charge is -1.90. The van der Waals surface area contributed by atoms with Crippen molar-refractivity contribution in [1.29, 1.82) is 0 Å². The molecule has 3 heteroatoms. The third kappa shape index (κ3) is 4.50. The van der Waals surface area contributed by atoms with E-state index in [0.29, 0.717) is 5.75 Å². The van der Waals surface area contributed by atoms with Gasteiger partial charge >= 0.3 is 0 Å². The highest BCUT2D eigenvalue weighted by molar-refractivity contribution is 9.10. The van der Waals surface area contributed by atoms with Gasteiger partial charge in [0.05, 0.1) is 5.75 Å².